The first-order chi connectivity index (χ1) is 6.38. The Morgan fingerprint density at radius 2 is 1.71 bits per heavy atom. The topological polar surface area (TPSA) is 12.0 Å². The Kier molecular flexibility index (Phi) is 6.88. The van der Waals surface area contributed by atoms with E-state index >= 15 is 0 Å². The molecule has 0 aromatic carbocycles. The first-order valence-electron chi connectivity index (χ1n) is 5.69. The number of rotatable bonds is 6. The number of thioether (sulfide) groups is 1. The van der Waals surface area contributed by atoms with Crippen molar-refractivity contribution < 1.29 is 0 Å². The highest BCUT2D eigenvalue weighted by Crippen LogP contribution is 2.23. The fourth-order valence-electron chi connectivity index (χ4n) is 1.28. The van der Waals surface area contributed by atoms with Crippen LogP contribution < -0.4 is 5.32 Å². The number of nitrogens with one attached hydrogen (secondary N) is 1. The molecule has 0 rings (SSSR count). The lowest BCUT2D eigenvalue weighted by atomic mass is 9.88. The summed E-state index contributed by atoms with van der Waals surface area (Å²) < 4.78 is 0. The fraction of sp³-hybridized carbons (Fsp3) is 1.00. The van der Waals surface area contributed by atoms with Crippen molar-refractivity contribution in [1.29, 1.82) is 0 Å². The van der Waals surface area contributed by atoms with E-state index < -0.39 is 0 Å². The Bertz CT molecular complexity index is 138. The predicted octanol–water partition coefficient (Wildman–Crippen LogP) is 3.40. The largest absolute Gasteiger partial charge is 0.313 e. The highest BCUT2D eigenvalue weighted by Gasteiger charge is 2.23. The van der Waals surface area contributed by atoms with E-state index in [4.69, 9.17) is 0 Å². The average molecular weight is 217 g/mol. The molecule has 1 unspecified atom stereocenters. The summed E-state index contributed by atoms with van der Waals surface area (Å²) in [7, 11) is 0. The molecule has 86 valence electrons. The van der Waals surface area contributed by atoms with E-state index in [0.717, 1.165) is 12.5 Å². The van der Waals surface area contributed by atoms with Gasteiger partial charge < -0.3 is 5.32 Å². The van der Waals surface area contributed by atoms with E-state index in [-0.39, 0.29) is 0 Å². The molecule has 0 aliphatic carbocycles. The number of hydrogen-bond acceptors (Lipinski definition) is 2. The molecule has 0 fully saturated rings. The predicted molar refractivity (Wildman–Crippen MR) is 69.1 cm³/mol. The minimum atomic E-state index is 0.375. The van der Waals surface area contributed by atoms with Gasteiger partial charge in [-0.25, -0.2) is 0 Å². The molecule has 0 aromatic heterocycles. The molecule has 2 heteroatoms. The van der Waals surface area contributed by atoms with Crippen LogP contribution in [0.2, 0.25) is 0 Å². The zero-order valence-electron chi connectivity index (χ0n) is 10.7. The quantitative estimate of drug-likeness (QED) is 0.732. The first kappa shape index (κ1) is 14.3. The molecule has 1 atom stereocenters. The first-order valence-corrected chi connectivity index (χ1v) is 6.84. The Balaban J connectivity index is 3.86. The summed E-state index contributed by atoms with van der Waals surface area (Å²) in [6.07, 6.45) is 0. The fourth-order valence-corrected chi connectivity index (χ4v) is 2.74. The Hall–Kier alpha value is 0.310. The third-order valence-electron chi connectivity index (χ3n) is 2.23. The van der Waals surface area contributed by atoms with E-state index in [0.29, 0.717) is 11.5 Å². The molecule has 0 aliphatic rings. The summed E-state index contributed by atoms with van der Waals surface area (Å²) in [6.45, 7) is 14.8. The van der Waals surface area contributed by atoms with Crippen LogP contribution in [0.3, 0.4) is 0 Å². The van der Waals surface area contributed by atoms with E-state index in [9.17, 15) is 0 Å². The molecule has 1 nitrogen and oxygen atoms in total. The number of hydrogen-bond donors (Lipinski definition) is 1. The van der Waals surface area contributed by atoms with E-state index in [1.54, 1.807) is 0 Å². The molecule has 0 aromatic rings. The second kappa shape index (κ2) is 6.73. The van der Waals surface area contributed by atoms with Crippen LogP contribution in [0.4, 0.5) is 0 Å². The SMILES string of the molecule is CCNC(CSCC(C)C)C(C)(C)C. The molecule has 0 heterocycles. The standard InChI is InChI=1S/C12H27NS/c1-7-13-11(12(4,5)6)9-14-8-10(2)3/h10-11,13H,7-9H2,1-6H3. The van der Waals surface area contributed by atoms with Crippen LogP contribution in [0, 0.1) is 11.3 Å². The molecule has 14 heavy (non-hydrogen) atoms. The molecule has 0 spiro atoms. The minimum Gasteiger partial charge on any atom is -0.313 e. The van der Waals surface area contributed by atoms with Gasteiger partial charge in [0.1, 0.15) is 0 Å². The average Bonchev–Trinajstić information content (AvgIpc) is 2.00. The van der Waals surface area contributed by atoms with Crippen molar-refractivity contribution in [3.63, 3.8) is 0 Å². The van der Waals surface area contributed by atoms with Crippen LogP contribution in [0.1, 0.15) is 41.5 Å². The molecule has 0 saturated carbocycles. The molecular weight excluding hydrogens is 190 g/mol. The maximum Gasteiger partial charge on any atom is 0.0206 e. The minimum absolute atomic E-state index is 0.375. The second-order valence-corrected chi connectivity index (χ2v) is 6.48. The maximum absolute atomic E-state index is 3.58. The van der Waals surface area contributed by atoms with Crippen molar-refractivity contribution in [1.82, 2.24) is 5.32 Å². The third kappa shape index (κ3) is 6.72. The molecular formula is C12H27NS. The Morgan fingerprint density at radius 3 is 2.07 bits per heavy atom. The lowest BCUT2D eigenvalue weighted by Gasteiger charge is -2.31. The van der Waals surface area contributed by atoms with Gasteiger partial charge in [0.2, 0.25) is 0 Å². The lowest BCUT2D eigenvalue weighted by molar-refractivity contribution is 0.295. The molecule has 0 amide bonds. The van der Waals surface area contributed by atoms with Gasteiger partial charge in [-0.2, -0.15) is 11.8 Å². The monoisotopic (exact) mass is 217 g/mol. The highest BCUT2D eigenvalue weighted by atomic mass is 32.2. The molecule has 0 radical (unpaired) electrons. The summed E-state index contributed by atoms with van der Waals surface area (Å²) in [5, 5.41) is 3.58. The molecule has 0 bridgehead atoms. The van der Waals surface area contributed by atoms with Crippen molar-refractivity contribution in [2.24, 2.45) is 11.3 Å². The molecule has 0 saturated heterocycles. The molecule has 1 N–H and O–H groups in total. The summed E-state index contributed by atoms with van der Waals surface area (Å²) in [4.78, 5) is 0. The zero-order valence-corrected chi connectivity index (χ0v) is 11.5. The Labute approximate surface area is 94.4 Å². The zero-order chi connectivity index (χ0) is 11.2. The summed E-state index contributed by atoms with van der Waals surface area (Å²) >= 11 is 2.07. The van der Waals surface area contributed by atoms with Gasteiger partial charge in [-0.05, 0) is 23.6 Å². The van der Waals surface area contributed by atoms with Crippen molar-refractivity contribution in [3.05, 3.63) is 0 Å². The van der Waals surface area contributed by atoms with Crippen molar-refractivity contribution in [3.8, 4) is 0 Å². The van der Waals surface area contributed by atoms with Crippen LogP contribution in [-0.4, -0.2) is 24.1 Å². The maximum atomic E-state index is 3.58. The molecule has 0 aliphatic heterocycles. The van der Waals surface area contributed by atoms with E-state index in [1.165, 1.54) is 11.5 Å². The lowest BCUT2D eigenvalue weighted by Crippen LogP contribution is -2.42. The highest BCUT2D eigenvalue weighted by molar-refractivity contribution is 7.99. The normalized spacial score (nSPS) is 14.8. The van der Waals surface area contributed by atoms with Crippen LogP contribution in [0.15, 0.2) is 0 Å². The van der Waals surface area contributed by atoms with Crippen LogP contribution in [-0.2, 0) is 0 Å². The van der Waals surface area contributed by atoms with Crippen molar-refractivity contribution >= 4 is 11.8 Å². The smallest absolute Gasteiger partial charge is 0.0206 e. The van der Waals surface area contributed by atoms with Crippen molar-refractivity contribution in [2.45, 2.75) is 47.6 Å². The second-order valence-electron chi connectivity index (χ2n) is 5.41. The van der Waals surface area contributed by atoms with E-state index in [2.05, 4.69) is 58.6 Å². The van der Waals surface area contributed by atoms with Gasteiger partial charge in [0, 0.05) is 11.8 Å². The van der Waals surface area contributed by atoms with Gasteiger partial charge in [-0.3, -0.25) is 0 Å². The Morgan fingerprint density at radius 1 is 1.14 bits per heavy atom. The van der Waals surface area contributed by atoms with Gasteiger partial charge in [-0.15, -0.1) is 0 Å². The van der Waals surface area contributed by atoms with E-state index in [1.807, 2.05) is 0 Å². The van der Waals surface area contributed by atoms with Crippen LogP contribution in [0.25, 0.3) is 0 Å². The third-order valence-corrected chi connectivity index (χ3v) is 3.70. The van der Waals surface area contributed by atoms with Gasteiger partial charge in [0.25, 0.3) is 0 Å². The summed E-state index contributed by atoms with van der Waals surface area (Å²) in [5.74, 6) is 3.32. The van der Waals surface area contributed by atoms with Crippen LogP contribution in [0.5, 0.6) is 0 Å². The van der Waals surface area contributed by atoms with Gasteiger partial charge in [-0.1, -0.05) is 41.5 Å². The van der Waals surface area contributed by atoms with Crippen molar-refractivity contribution in [2.75, 3.05) is 18.1 Å². The van der Waals surface area contributed by atoms with Gasteiger partial charge >= 0.3 is 0 Å². The summed E-state index contributed by atoms with van der Waals surface area (Å²) in [5.41, 5.74) is 0.375. The van der Waals surface area contributed by atoms with Gasteiger partial charge in [0.15, 0.2) is 0 Å². The van der Waals surface area contributed by atoms with Gasteiger partial charge in [0.05, 0.1) is 0 Å². The summed E-state index contributed by atoms with van der Waals surface area (Å²) in [6, 6.07) is 0.635. The van der Waals surface area contributed by atoms with Crippen LogP contribution >= 0.6 is 11.8 Å².